The fraction of sp³-hybridized carbons (Fsp3) is 0.190. The van der Waals surface area contributed by atoms with Crippen molar-refractivity contribution in [3.05, 3.63) is 77.4 Å². The van der Waals surface area contributed by atoms with Crippen LogP contribution in [0.2, 0.25) is 0 Å². The van der Waals surface area contributed by atoms with Crippen LogP contribution in [0.4, 0.5) is 0 Å². The summed E-state index contributed by atoms with van der Waals surface area (Å²) in [6.45, 7) is 4.63. The molecule has 0 aromatic heterocycles. The van der Waals surface area contributed by atoms with Gasteiger partial charge in [0.25, 0.3) is 0 Å². The van der Waals surface area contributed by atoms with Crippen LogP contribution in [-0.4, -0.2) is 3.26 Å². The van der Waals surface area contributed by atoms with E-state index in [0.29, 0.717) is 5.92 Å². The zero-order valence-electron chi connectivity index (χ0n) is 13.8. The molecule has 0 amide bonds. The zero-order valence-corrected chi connectivity index (χ0v) is 18.9. The van der Waals surface area contributed by atoms with E-state index in [-0.39, 0.29) is 24.8 Å². The molecule has 24 heavy (non-hydrogen) atoms. The SMILES string of the molecule is C[C](C)=[Hf+2][c]1cccc2c1C(C1=CC=CC1)c1ccccc1-2.[Cl-].[Cl-]. The molecule has 1 unspecified atom stereocenters. The molecule has 0 aliphatic heterocycles. The number of rotatable bonds is 2. The van der Waals surface area contributed by atoms with Gasteiger partial charge in [0.05, 0.1) is 0 Å². The summed E-state index contributed by atoms with van der Waals surface area (Å²) >= 11 is -0.855. The van der Waals surface area contributed by atoms with E-state index in [9.17, 15) is 0 Å². The molecule has 0 fully saturated rings. The summed E-state index contributed by atoms with van der Waals surface area (Å²) in [6, 6.07) is 16.0. The molecule has 0 bridgehead atoms. The van der Waals surface area contributed by atoms with Gasteiger partial charge in [-0.2, -0.15) is 0 Å². The van der Waals surface area contributed by atoms with Gasteiger partial charge in [-0.1, -0.05) is 0 Å². The fourth-order valence-corrected chi connectivity index (χ4v) is 7.77. The van der Waals surface area contributed by atoms with E-state index in [1.807, 2.05) is 0 Å². The number of benzene rings is 2. The van der Waals surface area contributed by atoms with Crippen molar-refractivity contribution in [2.24, 2.45) is 0 Å². The Hall–Kier alpha value is -0.760. The molecule has 0 saturated carbocycles. The minimum absolute atomic E-state index is 0. The van der Waals surface area contributed by atoms with Crippen molar-refractivity contribution in [2.45, 2.75) is 26.2 Å². The molecule has 2 aromatic carbocycles. The second kappa shape index (κ2) is 8.08. The summed E-state index contributed by atoms with van der Waals surface area (Å²) in [5.74, 6) is 0.490. The summed E-state index contributed by atoms with van der Waals surface area (Å²) < 4.78 is 3.35. The monoisotopic (exact) mass is 521 g/mol. The first-order valence-corrected chi connectivity index (χ1v) is 11.5. The van der Waals surface area contributed by atoms with Gasteiger partial charge in [0.15, 0.2) is 0 Å². The Morgan fingerprint density at radius 2 is 1.71 bits per heavy atom. The summed E-state index contributed by atoms with van der Waals surface area (Å²) in [4.78, 5) is 0. The van der Waals surface area contributed by atoms with Crippen LogP contribution in [0.25, 0.3) is 11.1 Å². The average Bonchev–Trinajstić information content (AvgIpc) is 3.12. The minimum Gasteiger partial charge on any atom is -1.00 e. The Balaban J connectivity index is 0.00000104. The third-order valence-corrected chi connectivity index (χ3v) is 8.84. The Morgan fingerprint density at radius 1 is 0.958 bits per heavy atom. The van der Waals surface area contributed by atoms with E-state index in [4.69, 9.17) is 0 Å². The van der Waals surface area contributed by atoms with Crippen molar-refractivity contribution in [3.8, 4) is 11.1 Å². The molecule has 2 aromatic rings. The van der Waals surface area contributed by atoms with E-state index < -0.39 is 22.4 Å². The topological polar surface area (TPSA) is 0 Å². The molecule has 0 nitrogen and oxygen atoms in total. The maximum atomic E-state index is 2.40. The van der Waals surface area contributed by atoms with Crippen molar-refractivity contribution >= 4 is 6.58 Å². The fourth-order valence-electron chi connectivity index (χ4n) is 3.70. The molecule has 1 atom stereocenters. The Morgan fingerprint density at radius 3 is 2.42 bits per heavy atom. The average molecular weight is 521 g/mol. The molecule has 121 valence electrons. The predicted molar refractivity (Wildman–Crippen MR) is 91.6 cm³/mol. The van der Waals surface area contributed by atoms with Crippen LogP contribution >= 0.6 is 0 Å². The summed E-state index contributed by atoms with van der Waals surface area (Å²) in [6.07, 6.45) is 7.95. The van der Waals surface area contributed by atoms with Gasteiger partial charge in [-0.05, 0) is 0 Å². The summed E-state index contributed by atoms with van der Waals surface area (Å²) in [5.41, 5.74) is 7.64. The van der Waals surface area contributed by atoms with Crippen molar-refractivity contribution in [1.29, 1.82) is 0 Å². The number of allylic oxidation sites excluding steroid dienone is 4. The Bertz CT molecular complexity index is 843. The van der Waals surface area contributed by atoms with Crippen molar-refractivity contribution < 1.29 is 47.2 Å². The molecule has 0 N–H and O–H groups in total. The van der Waals surface area contributed by atoms with Gasteiger partial charge in [0.1, 0.15) is 0 Å². The molecular formula is C21H19Cl2Hf. The number of hydrogen-bond acceptors (Lipinski definition) is 0. The first kappa shape index (κ1) is 19.6. The van der Waals surface area contributed by atoms with Crippen molar-refractivity contribution in [3.63, 3.8) is 0 Å². The molecule has 0 spiro atoms. The molecule has 0 radical (unpaired) electrons. The van der Waals surface area contributed by atoms with E-state index in [0.717, 1.165) is 6.42 Å². The van der Waals surface area contributed by atoms with Crippen LogP contribution < -0.4 is 28.1 Å². The summed E-state index contributed by atoms with van der Waals surface area (Å²) in [7, 11) is 0. The van der Waals surface area contributed by atoms with Crippen LogP contribution in [0.15, 0.2) is 66.3 Å². The third kappa shape index (κ3) is 3.31. The summed E-state index contributed by atoms with van der Waals surface area (Å²) in [5, 5.41) is 0. The van der Waals surface area contributed by atoms with E-state index >= 15 is 0 Å². The number of fused-ring (bicyclic) bond motifs is 3. The molecule has 0 heterocycles. The standard InChI is InChI=1S/C18H13.C3H6.2ClH.Hf/c1-2-8-13(7-1)18-16-11-5-3-9-14(16)15-10-4-6-12-17(15)18;1-3-2;;;/h1-7,9-11,18H,8H2;1-2H3;2*1H;/q;;;;+2/p-2. The first-order chi connectivity index (χ1) is 10.8. The quantitative estimate of drug-likeness (QED) is 0.428. The maximum Gasteiger partial charge on any atom is -1.00 e. The van der Waals surface area contributed by atoms with Gasteiger partial charge in [-0.15, -0.1) is 0 Å². The third-order valence-electron chi connectivity index (χ3n) is 4.51. The van der Waals surface area contributed by atoms with Crippen LogP contribution in [0.1, 0.15) is 37.3 Å². The van der Waals surface area contributed by atoms with Crippen LogP contribution in [0, 0.1) is 0 Å². The van der Waals surface area contributed by atoms with Crippen LogP contribution in [0.5, 0.6) is 0 Å². The van der Waals surface area contributed by atoms with E-state index in [1.54, 1.807) is 17.7 Å². The molecular weight excluding hydrogens is 502 g/mol. The number of hydrogen-bond donors (Lipinski definition) is 0. The van der Waals surface area contributed by atoms with Crippen LogP contribution in [-0.2, 0) is 22.4 Å². The first-order valence-electron chi connectivity index (χ1n) is 7.90. The second-order valence-corrected chi connectivity index (χ2v) is 12.7. The predicted octanol–water partition coefficient (Wildman–Crippen LogP) is -1.39. The van der Waals surface area contributed by atoms with Gasteiger partial charge in [-0.25, -0.2) is 0 Å². The minimum atomic E-state index is -0.855. The largest absolute Gasteiger partial charge is 1.00 e. The molecule has 2 aliphatic carbocycles. The smallest absolute Gasteiger partial charge is 1.00 e. The van der Waals surface area contributed by atoms with Crippen molar-refractivity contribution in [2.75, 3.05) is 0 Å². The van der Waals surface area contributed by atoms with Gasteiger partial charge in [0, 0.05) is 0 Å². The number of halogens is 2. The molecule has 0 saturated heterocycles. The molecule has 4 rings (SSSR count). The molecule has 2 aliphatic rings. The zero-order chi connectivity index (χ0) is 15.1. The van der Waals surface area contributed by atoms with Gasteiger partial charge < -0.3 is 24.8 Å². The second-order valence-electron chi connectivity index (χ2n) is 6.29. The van der Waals surface area contributed by atoms with Crippen LogP contribution in [0.3, 0.4) is 0 Å². The van der Waals surface area contributed by atoms with Gasteiger partial charge in [-0.3, -0.25) is 0 Å². The van der Waals surface area contributed by atoms with Gasteiger partial charge in [0.2, 0.25) is 0 Å². The normalized spacial score (nSPS) is 16.2. The van der Waals surface area contributed by atoms with Crippen molar-refractivity contribution in [1.82, 2.24) is 0 Å². The Labute approximate surface area is 167 Å². The van der Waals surface area contributed by atoms with Gasteiger partial charge >= 0.3 is 144 Å². The Kier molecular flexibility index (Phi) is 6.59. The maximum absolute atomic E-state index is 2.40. The van der Waals surface area contributed by atoms with E-state index in [2.05, 4.69) is 74.5 Å². The molecule has 3 heteroatoms. The van der Waals surface area contributed by atoms with E-state index in [1.165, 1.54) is 16.7 Å².